The Balaban J connectivity index is 1.77. The van der Waals surface area contributed by atoms with Crippen molar-refractivity contribution >= 4 is 22.4 Å². The Morgan fingerprint density at radius 2 is 2.10 bits per heavy atom. The summed E-state index contributed by atoms with van der Waals surface area (Å²) < 4.78 is 0. The van der Waals surface area contributed by atoms with Crippen molar-refractivity contribution in [3.05, 3.63) is 54.4 Å². The van der Waals surface area contributed by atoms with E-state index in [1.807, 2.05) is 36.8 Å². The molecule has 0 atom stereocenters. The Hall–Kier alpha value is -2.53. The van der Waals surface area contributed by atoms with E-state index in [0.29, 0.717) is 0 Å². The third-order valence-electron chi connectivity index (χ3n) is 3.11. The van der Waals surface area contributed by atoms with E-state index in [0.717, 1.165) is 32.9 Å². The molecule has 0 amide bonds. The quantitative estimate of drug-likeness (QED) is 0.607. The van der Waals surface area contributed by atoms with Gasteiger partial charge in [-0.2, -0.15) is 0 Å². The average molecular weight is 278 g/mol. The molecule has 0 aliphatic carbocycles. The van der Waals surface area contributed by atoms with E-state index in [1.54, 1.807) is 17.5 Å². The summed E-state index contributed by atoms with van der Waals surface area (Å²) >= 11 is 1.62. The maximum atomic E-state index is 4.67. The van der Waals surface area contributed by atoms with Gasteiger partial charge in [0.1, 0.15) is 10.7 Å². The number of H-pyrrole nitrogens is 1. The molecular formula is C15H10N4S. The zero-order chi connectivity index (χ0) is 13.4. The maximum absolute atomic E-state index is 4.67. The molecule has 0 radical (unpaired) electrons. The van der Waals surface area contributed by atoms with Crippen LogP contribution in [0.15, 0.2) is 54.4 Å². The molecule has 0 aromatic carbocycles. The molecule has 4 aromatic rings. The highest BCUT2D eigenvalue weighted by Crippen LogP contribution is 2.29. The van der Waals surface area contributed by atoms with Crippen molar-refractivity contribution in [3.8, 4) is 21.8 Å². The summed E-state index contributed by atoms with van der Waals surface area (Å²) in [6.07, 6.45) is 7.34. The average Bonchev–Trinajstić information content (AvgIpc) is 3.16. The van der Waals surface area contributed by atoms with E-state index in [1.165, 1.54) is 0 Å². The zero-order valence-corrected chi connectivity index (χ0v) is 11.3. The predicted octanol–water partition coefficient (Wildman–Crippen LogP) is 3.75. The monoisotopic (exact) mass is 278 g/mol. The Bertz CT molecular complexity index is 864. The Morgan fingerprint density at radius 3 is 3.00 bits per heavy atom. The second-order valence-corrected chi connectivity index (χ2v) is 5.28. The highest BCUT2D eigenvalue weighted by Gasteiger charge is 2.08. The summed E-state index contributed by atoms with van der Waals surface area (Å²) in [7, 11) is 0. The molecule has 4 heterocycles. The lowest BCUT2D eigenvalue weighted by Crippen LogP contribution is -1.83. The molecule has 0 bridgehead atoms. The van der Waals surface area contributed by atoms with Gasteiger partial charge in [-0.25, -0.2) is 9.97 Å². The molecular weight excluding hydrogens is 268 g/mol. The number of thiazole rings is 1. The third kappa shape index (κ3) is 1.88. The minimum absolute atomic E-state index is 0.900. The number of hydrogen-bond donors (Lipinski definition) is 1. The summed E-state index contributed by atoms with van der Waals surface area (Å²) in [5.74, 6) is 0. The van der Waals surface area contributed by atoms with E-state index >= 15 is 0 Å². The molecule has 5 heteroatoms. The van der Waals surface area contributed by atoms with E-state index in [4.69, 9.17) is 0 Å². The zero-order valence-electron chi connectivity index (χ0n) is 10.4. The van der Waals surface area contributed by atoms with Crippen LogP contribution in [-0.4, -0.2) is 19.9 Å². The molecule has 0 spiro atoms. The van der Waals surface area contributed by atoms with Gasteiger partial charge in [-0.05, 0) is 24.3 Å². The van der Waals surface area contributed by atoms with Gasteiger partial charge in [0.05, 0.1) is 5.69 Å². The molecule has 0 unspecified atom stereocenters. The van der Waals surface area contributed by atoms with Crippen LogP contribution in [0.25, 0.3) is 32.9 Å². The number of rotatable bonds is 2. The van der Waals surface area contributed by atoms with Crippen molar-refractivity contribution in [1.29, 1.82) is 0 Å². The number of aromatic nitrogens is 4. The van der Waals surface area contributed by atoms with E-state index in [2.05, 4.69) is 31.4 Å². The minimum atomic E-state index is 0.900. The molecule has 0 saturated heterocycles. The largest absolute Gasteiger partial charge is 0.346 e. The van der Waals surface area contributed by atoms with Crippen LogP contribution in [0.1, 0.15) is 0 Å². The van der Waals surface area contributed by atoms with Gasteiger partial charge in [0.25, 0.3) is 0 Å². The molecule has 4 aromatic heterocycles. The Kier molecular flexibility index (Phi) is 2.57. The summed E-state index contributed by atoms with van der Waals surface area (Å²) in [4.78, 5) is 16.3. The van der Waals surface area contributed by atoms with Crippen molar-refractivity contribution in [2.24, 2.45) is 0 Å². The van der Waals surface area contributed by atoms with Gasteiger partial charge in [-0.15, -0.1) is 11.3 Å². The van der Waals surface area contributed by atoms with E-state index in [-0.39, 0.29) is 0 Å². The van der Waals surface area contributed by atoms with Crippen LogP contribution in [0.2, 0.25) is 0 Å². The number of hydrogen-bond acceptors (Lipinski definition) is 4. The van der Waals surface area contributed by atoms with Gasteiger partial charge >= 0.3 is 0 Å². The van der Waals surface area contributed by atoms with Crippen molar-refractivity contribution in [1.82, 2.24) is 19.9 Å². The Labute approximate surface area is 119 Å². The SMILES string of the molecule is c1cncc(-c2nc(-c3cnc4[nH]ccc4c3)cs2)c1. The standard InChI is InChI=1S/C15H10N4S/c1-2-11(7-16-4-1)15-19-13(9-20-15)12-6-10-3-5-17-14(10)18-8-12/h1-9H,(H,17,18). The number of nitrogens with one attached hydrogen (secondary N) is 1. The fourth-order valence-electron chi connectivity index (χ4n) is 2.11. The topological polar surface area (TPSA) is 54.5 Å². The van der Waals surface area contributed by atoms with Gasteiger partial charge in [0.15, 0.2) is 0 Å². The molecule has 20 heavy (non-hydrogen) atoms. The van der Waals surface area contributed by atoms with Crippen LogP contribution in [0.4, 0.5) is 0 Å². The fraction of sp³-hybridized carbons (Fsp3) is 0. The molecule has 96 valence electrons. The number of aromatic amines is 1. The van der Waals surface area contributed by atoms with Crippen molar-refractivity contribution in [3.63, 3.8) is 0 Å². The normalized spacial score (nSPS) is 11.0. The predicted molar refractivity (Wildman–Crippen MR) is 80.4 cm³/mol. The second-order valence-electron chi connectivity index (χ2n) is 4.42. The molecule has 0 fully saturated rings. The number of fused-ring (bicyclic) bond motifs is 1. The van der Waals surface area contributed by atoms with Crippen LogP contribution in [0.5, 0.6) is 0 Å². The van der Waals surface area contributed by atoms with Gasteiger partial charge in [0.2, 0.25) is 0 Å². The van der Waals surface area contributed by atoms with Gasteiger partial charge in [0, 0.05) is 46.7 Å². The van der Waals surface area contributed by atoms with Crippen LogP contribution in [0, 0.1) is 0 Å². The summed E-state index contributed by atoms with van der Waals surface area (Å²) in [5, 5.41) is 4.12. The van der Waals surface area contributed by atoms with Crippen LogP contribution < -0.4 is 0 Å². The molecule has 1 N–H and O–H groups in total. The fourth-order valence-corrected chi connectivity index (χ4v) is 2.93. The number of pyridine rings is 2. The highest BCUT2D eigenvalue weighted by molar-refractivity contribution is 7.13. The van der Waals surface area contributed by atoms with Gasteiger partial charge < -0.3 is 4.98 Å². The minimum Gasteiger partial charge on any atom is -0.346 e. The molecule has 4 rings (SSSR count). The van der Waals surface area contributed by atoms with E-state index in [9.17, 15) is 0 Å². The highest BCUT2D eigenvalue weighted by atomic mass is 32.1. The lowest BCUT2D eigenvalue weighted by Gasteiger charge is -1.97. The second kappa shape index (κ2) is 4.54. The van der Waals surface area contributed by atoms with E-state index < -0.39 is 0 Å². The van der Waals surface area contributed by atoms with Crippen LogP contribution >= 0.6 is 11.3 Å². The van der Waals surface area contributed by atoms with Crippen molar-refractivity contribution < 1.29 is 0 Å². The van der Waals surface area contributed by atoms with Gasteiger partial charge in [-0.3, -0.25) is 4.98 Å². The maximum Gasteiger partial charge on any atom is 0.137 e. The number of nitrogens with zero attached hydrogens (tertiary/aromatic N) is 3. The summed E-state index contributed by atoms with van der Waals surface area (Å²) in [6, 6.07) is 8.05. The van der Waals surface area contributed by atoms with Crippen molar-refractivity contribution in [2.75, 3.05) is 0 Å². The first-order chi connectivity index (χ1) is 9.90. The lowest BCUT2D eigenvalue weighted by molar-refractivity contribution is 1.30. The van der Waals surface area contributed by atoms with Crippen molar-refractivity contribution in [2.45, 2.75) is 0 Å². The van der Waals surface area contributed by atoms with Crippen LogP contribution in [-0.2, 0) is 0 Å². The third-order valence-corrected chi connectivity index (χ3v) is 4.00. The first-order valence-electron chi connectivity index (χ1n) is 6.19. The molecule has 0 saturated carbocycles. The summed E-state index contributed by atoms with van der Waals surface area (Å²) in [6.45, 7) is 0. The first kappa shape index (κ1) is 11.3. The van der Waals surface area contributed by atoms with Crippen LogP contribution in [0.3, 0.4) is 0 Å². The molecule has 0 aliphatic heterocycles. The summed E-state index contributed by atoms with van der Waals surface area (Å²) in [5.41, 5.74) is 3.92. The molecule has 4 nitrogen and oxygen atoms in total. The Morgan fingerprint density at radius 1 is 1.10 bits per heavy atom. The smallest absolute Gasteiger partial charge is 0.137 e. The lowest BCUT2D eigenvalue weighted by atomic mass is 10.2. The molecule has 0 aliphatic rings. The van der Waals surface area contributed by atoms with Gasteiger partial charge in [-0.1, -0.05) is 0 Å². The first-order valence-corrected chi connectivity index (χ1v) is 7.07.